The van der Waals surface area contributed by atoms with E-state index < -0.39 is 29.2 Å². The van der Waals surface area contributed by atoms with Gasteiger partial charge in [0.15, 0.2) is 5.54 Å². The number of ether oxygens (including phenoxy) is 2. The van der Waals surface area contributed by atoms with E-state index in [1.54, 1.807) is 0 Å². The first kappa shape index (κ1) is 19.7. The molecule has 1 aliphatic heterocycles. The number of benzene rings is 2. The third-order valence-corrected chi connectivity index (χ3v) is 4.28. The second-order valence-corrected chi connectivity index (χ2v) is 6.30. The average molecular weight is 395 g/mol. The van der Waals surface area contributed by atoms with Gasteiger partial charge in [0.25, 0.3) is 5.91 Å². The minimum Gasteiger partial charge on any atom is -0.479 e. The molecule has 148 valence electrons. The number of carboxylic acid groups (broad SMARTS) is 1. The van der Waals surface area contributed by atoms with Crippen LogP contribution >= 0.6 is 0 Å². The third kappa shape index (κ3) is 4.25. The van der Waals surface area contributed by atoms with Crippen molar-refractivity contribution in [3.05, 3.63) is 59.7 Å². The number of hydrogen-bond acceptors (Lipinski definition) is 4. The molecule has 2 N–H and O–H groups in total. The molecular weight excluding hydrogens is 379 g/mol. The van der Waals surface area contributed by atoms with E-state index in [-0.39, 0.29) is 36.7 Å². The molecule has 1 unspecified atom stereocenters. The summed E-state index contributed by atoms with van der Waals surface area (Å²) in [5, 5.41) is 11.8. The maximum Gasteiger partial charge on any atom is 0.416 e. The van der Waals surface area contributed by atoms with Crippen molar-refractivity contribution in [2.24, 2.45) is 0 Å². The number of amides is 1. The summed E-state index contributed by atoms with van der Waals surface area (Å²) < 4.78 is 48.9. The zero-order valence-corrected chi connectivity index (χ0v) is 14.5. The standard InChI is InChI=1S/C19H16F3NO5/c20-19(21,22)13-4-2-6-15(10-13)28-14-5-1-3-12(9-14)16(24)23-18(17(25)26)7-8-27-11-18/h1-6,9-10H,7-8,11H2,(H,23,24)(H,25,26). The highest BCUT2D eigenvalue weighted by atomic mass is 19.4. The van der Waals surface area contributed by atoms with Crippen LogP contribution in [-0.2, 0) is 15.7 Å². The summed E-state index contributed by atoms with van der Waals surface area (Å²) in [4.78, 5) is 24.0. The van der Waals surface area contributed by atoms with Crippen LogP contribution < -0.4 is 10.1 Å². The Morgan fingerprint density at radius 3 is 2.39 bits per heavy atom. The largest absolute Gasteiger partial charge is 0.479 e. The molecule has 2 aromatic rings. The van der Waals surface area contributed by atoms with Crippen LogP contribution in [0.25, 0.3) is 0 Å². The van der Waals surface area contributed by atoms with Gasteiger partial charge in [0, 0.05) is 18.6 Å². The van der Waals surface area contributed by atoms with E-state index in [4.69, 9.17) is 9.47 Å². The van der Waals surface area contributed by atoms with E-state index in [9.17, 15) is 27.9 Å². The van der Waals surface area contributed by atoms with Crippen molar-refractivity contribution in [3.63, 3.8) is 0 Å². The number of hydrogen-bond donors (Lipinski definition) is 2. The van der Waals surface area contributed by atoms with Gasteiger partial charge in [-0.25, -0.2) is 4.79 Å². The summed E-state index contributed by atoms with van der Waals surface area (Å²) in [5.41, 5.74) is -2.25. The lowest BCUT2D eigenvalue weighted by Gasteiger charge is -2.23. The van der Waals surface area contributed by atoms with Crippen LogP contribution in [0.2, 0.25) is 0 Å². The second-order valence-electron chi connectivity index (χ2n) is 6.30. The van der Waals surface area contributed by atoms with Gasteiger partial charge < -0.3 is 19.9 Å². The predicted octanol–water partition coefficient (Wildman–Crippen LogP) is 3.47. The van der Waals surface area contributed by atoms with Crippen molar-refractivity contribution >= 4 is 11.9 Å². The summed E-state index contributed by atoms with van der Waals surface area (Å²) in [6, 6.07) is 10.1. The number of nitrogens with one attached hydrogen (secondary N) is 1. The first-order chi connectivity index (χ1) is 13.2. The number of carbonyl (C=O) groups is 2. The molecule has 6 nitrogen and oxygen atoms in total. The normalized spacial score (nSPS) is 19.2. The molecule has 1 saturated heterocycles. The average Bonchev–Trinajstić information content (AvgIpc) is 3.11. The number of rotatable bonds is 5. The van der Waals surface area contributed by atoms with Crippen LogP contribution in [0.1, 0.15) is 22.3 Å². The van der Waals surface area contributed by atoms with Gasteiger partial charge in [-0.3, -0.25) is 4.79 Å². The molecule has 1 atom stereocenters. The number of halogens is 3. The molecule has 2 aromatic carbocycles. The topological polar surface area (TPSA) is 84.9 Å². The second kappa shape index (κ2) is 7.51. The smallest absolute Gasteiger partial charge is 0.416 e. The quantitative estimate of drug-likeness (QED) is 0.810. The van der Waals surface area contributed by atoms with E-state index in [1.807, 2.05) is 0 Å². The molecule has 9 heteroatoms. The highest BCUT2D eigenvalue weighted by Crippen LogP contribution is 2.32. The van der Waals surface area contributed by atoms with Crippen LogP contribution in [0.15, 0.2) is 48.5 Å². The van der Waals surface area contributed by atoms with E-state index in [1.165, 1.54) is 36.4 Å². The Bertz CT molecular complexity index is 891. The number of aliphatic carboxylic acids is 1. The fourth-order valence-corrected chi connectivity index (χ4v) is 2.75. The van der Waals surface area contributed by atoms with Crippen LogP contribution in [-0.4, -0.2) is 35.7 Å². The summed E-state index contributed by atoms with van der Waals surface area (Å²) in [7, 11) is 0. The molecule has 0 saturated carbocycles. The molecule has 1 aliphatic rings. The van der Waals surface area contributed by atoms with Gasteiger partial charge in [0.05, 0.1) is 12.2 Å². The fourth-order valence-electron chi connectivity index (χ4n) is 2.75. The van der Waals surface area contributed by atoms with Gasteiger partial charge in [-0.1, -0.05) is 12.1 Å². The predicted molar refractivity (Wildman–Crippen MR) is 91.2 cm³/mol. The van der Waals surface area contributed by atoms with Gasteiger partial charge in [0.1, 0.15) is 11.5 Å². The van der Waals surface area contributed by atoms with Crippen LogP contribution in [0.3, 0.4) is 0 Å². The van der Waals surface area contributed by atoms with Gasteiger partial charge in [-0.05, 0) is 36.4 Å². The molecular formula is C19H16F3NO5. The number of carbonyl (C=O) groups excluding carboxylic acids is 1. The Morgan fingerprint density at radius 1 is 1.11 bits per heavy atom. The molecule has 1 heterocycles. The molecule has 0 radical (unpaired) electrons. The Hall–Kier alpha value is -3.07. The van der Waals surface area contributed by atoms with E-state index in [0.717, 1.165) is 12.1 Å². The fraction of sp³-hybridized carbons (Fsp3) is 0.263. The highest BCUT2D eigenvalue weighted by molar-refractivity contribution is 5.98. The Balaban J connectivity index is 1.77. The van der Waals surface area contributed by atoms with Crippen molar-refractivity contribution in [3.8, 4) is 11.5 Å². The lowest BCUT2D eigenvalue weighted by Crippen LogP contribution is -2.55. The minimum absolute atomic E-state index is 0.0430. The van der Waals surface area contributed by atoms with Crippen molar-refractivity contribution in [2.75, 3.05) is 13.2 Å². The molecule has 0 aliphatic carbocycles. The maximum absolute atomic E-state index is 12.8. The van der Waals surface area contributed by atoms with Crippen LogP contribution in [0.5, 0.6) is 11.5 Å². The Kier molecular flexibility index (Phi) is 5.28. The van der Waals surface area contributed by atoms with Gasteiger partial charge in [-0.2, -0.15) is 13.2 Å². The van der Waals surface area contributed by atoms with Crippen molar-refractivity contribution in [1.29, 1.82) is 0 Å². The Morgan fingerprint density at radius 2 is 1.79 bits per heavy atom. The van der Waals surface area contributed by atoms with Crippen LogP contribution in [0.4, 0.5) is 13.2 Å². The third-order valence-electron chi connectivity index (χ3n) is 4.28. The van der Waals surface area contributed by atoms with Gasteiger partial charge in [0.2, 0.25) is 0 Å². The maximum atomic E-state index is 12.8. The van der Waals surface area contributed by atoms with E-state index in [0.29, 0.717) is 0 Å². The molecule has 28 heavy (non-hydrogen) atoms. The zero-order valence-electron chi connectivity index (χ0n) is 14.5. The lowest BCUT2D eigenvalue weighted by atomic mass is 9.98. The molecule has 0 aromatic heterocycles. The zero-order chi connectivity index (χ0) is 20.4. The summed E-state index contributed by atoms with van der Waals surface area (Å²) >= 11 is 0. The lowest BCUT2D eigenvalue weighted by molar-refractivity contribution is -0.144. The summed E-state index contributed by atoms with van der Waals surface area (Å²) in [5.74, 6) is -1.75. The number of carboxylic acids is 1. The molecule has 1 fully saturated rings. The highest BCUT2D eigenvalue weighted by Gasteiger charge is 2.44. The first-order valence-corrected chi connectivity index (χ1v) is 8.28. The van der Waals surface area contributed by atoms with Crippen molar-refractivity contribution in [1.82, 2.24) is 5.32 Å². The molecule has 0 bridgehead atoms. The SMILES string of the molecule is O=C(NC1(C(=O)O)CCOC1)c1cccc(Oc2cccc(C(F)(F)F)c2)c1. The van der Waals surface area contributed by atoms with Crippen molar-refractivity contribution < 1.29 is 37.3 Å². The summed E-state index contributed by atoms with van der Waals surface area (Å²) in [6.07, 6.45) is -4.37. The molecule has 1 amide bonds. The van der Waals surface area contributed by atoms with Gasteiger partial charge >= 0.3 is 12.1 Å². The van der Waals surface area contributed by atoms with Crippen LogP contribution in [0, 0.1) is 0 Å². The van der Waals surface area contributed by atoms with Gasteiger partial charge in [-0.15, -0.1) is 0 Å². The summed E-state index contributed by atoms with van der Waals surface area (Å²) in [6.45, 7) is 0.0692. The first-order valence-electron chi connectivity index (χ1n) is 8.28. The van der Waals surface area contributed by atoms with Crippen molar-refractivity contribution in [2.45, 2.75) is 18.1 Å². The minimum atomic E-state index is -4.50. The molecule has 0 spiro atoms. The molecule has 3 rings (SSSR count). The monoisotopic (exact) mass is 395 g/mol. The number of alkyl halides is 3. The Labute approximate surface area is 157 Å². The van der Waals surface area contributed by atoms with E-state index >= 15 is 0 Å². The van der Waals surface area contributed by atoms with E-state index in [2.05, 4.69) is 5.32 Å².